The number of nitrogens with one attached hydrogen (secondary N) is 1. The summed E-state index contributed by atoms with van der Waals surface area (Å²) in [4.78, 5) is 21.8. The monoisotopic (exact) mass is 369 g/mol. The van der Waals surface area contributed by atoms with E-state index < -0.39 is 0 Å². The minimum absolute atomic E-state index is 0.155. The molecule has 0 spiro atoms. The highest BCUT2D eigenvalue weighted by Gasteiger charge is 2.19. The van der Waals surface area contributed by atoms with Gasteiger partial charge in [0.25, 0.3) is 5.91 Å². The second-order valence-corrected chi connectivity index (χ2v) is 6.51. The van der Waals surface area contributed by atoms with Crippen LogP contribution in [0.3, 0.4) is 0 Å². The molecule has 0 saturated heterocycles. The molecule has 5 nitrogen and oxygen atoms in total. The zero-order valence-corrected chi connectivity index (χ0v) is 15.9. The SMILES string of the molecule is CCOc1nc2cc(C)c(C)cc2nc1C(=O)Nc1cccc(Cl)c1C. The number of benzene rings is 2. The number of hydrogen-bond acceptors (Lipinski definition) is 4. The van der Waals surface area contributed by atoms with Gasteiger partial charge in [-0.05, 0) is 68.7 Å². The predicted molar refractivity (Wildman–Crippen MR) is 104 cm³/mol. The second kappa shape index (κ2) is 7.30. The Labute approximate surface area is 157 Å². The molecule has 1 N–H and O–H groups in total. The third kappa shape index (κ3) is 3.48. The first kappa shape index (κ1) is 18.1. The lowest BCUT2D eigenvalue weighted by Gasteiger charge is -2.13. The van der Waals surface area contributed by atoms with E-state index in [0.717, 1.165) is 16.7 Å². The van der Waals surface area contributed by atoms with E-state index in [9.17, 15) is 4.79 Å². The average Bonchev–Trinajstić information content (AvgIpc) is 2.60. The Morgan fingerprint density at radius 3 is 2.42 bits per heavy atom. The summed E-state index contributed by atoms with van der Waals surface area (Å²) in [6.07, 6.45) is 0. The van der Waals surface area contributed by atoms with Crippen molar-refractivity contribution < 1.29 is 9.53 Å². The summed E-state index contributed by atoms with van der Waals surface area (Å²) in [5.41, 5.74) is 5.14. The molecule has 3 rings (SSSR count). The number of hydrogen-bond donors (Lipinski definition) is 1. The smallest absolute Gasteiger partial charge is 0.279 e. The Balaban J connectivity index is 2.06. The molecule has 1 aromatic heterocycles. The molecule has 26 heavy (non-hydrogen) atoms. The Morgan fingerprint density at radius 2 is 1.77 bits per heavy atom. The molecule has 1 heterocycles. The summed E-state index contributed by atoms with van der Waals surface area (Å²) in [7, 11) is 0. The molecular weight excluding hydrogens is 350 g/mol. The van der Waals surface area contributed by atoms with Crippen LogP contribution in [0.4, 0.5) is 5.69 Å². The van der Waals surface area contributed by atoms with E-state index in [0.29, 0.717) is 28.4 Å². The standard InChI is InChI=1S/C20H20ClN3O2/c1-5-26-20-18(19(25)23-15-8-6-7-14(21)13(15)4)22-16-9-11(2)12(3)10-17(16)24-20/h6-10H,5H2,1-4H3,(H,23,25). The van der Waals surface area contributed by atoms with Gasteiger partial charge in [-0.1, -0.05) is 17.7 Å². The lowest BCUT2D eigenvalue weighted by molar-refractivity contribution is 0.101. The van der Waals surface area contributed by atoms with Gasteiger partial charge in [0.2, 0.25) is 5.88 Å². The van der Waals surface area contributed by atoms with Crippen LogP contribution in [0.25, 0.3) is 11.0 Å². The third-order valence-corrected chi connectivity index (χ3v) is 4.67. The van der Waals surface area contributed by atoms with E-state index in [-0.39, 0.29) is 17.5 Å². The molecule has 3 aromatic rings. The first-order valence-corrected chi connectivity index (χ1v) is 8.76. The van der Waals surface area contributed by atoms with Crippen molar-refractivity contribution in [3.05, 3.63) is 57.7 Å². The van der Waals surface area contributed by atoms with Gasteiger partial charge in [0.15, 0.2) is 5.69 Å². The second-order valence-electron chi connectivity index (χ2n) is 6.10. The van der Waals surface area contributed by atoms with Gasteiger partial charge >= 0.3 is 0 Å². The minimum Gasteiger partial charge on any atom is -0.476 e. The third-order valence-electron chi connectivity index (χ3n) is 4.26. The van der Waals surface area contributed by atoms with Crippen molar-refractivity contribution in [1.29, 1.82) is 0 Å². The van der Waals surface area contributed by atoms with E-state index in [1.807, 2.05) is 39.8 Å². The molecular formula is C20H20ClN3O2. The van der Waals surface area contributed by atoms with Gasteiger partial charge in [-0.15, -0.1) is 0 Å². The maximum absolute atomic E-state index is 12.8. The summed E-state index contributed by atoms with van der Waals surface area (Å²) >= 11 is 6.13. The summed E-state index contributed by atoms with van der Waals surface area (Å²) in [5, 5.41) is 3.44. The van der Waals surface area contributed by atoms with Crippen LogP contribution in [0.15, 0.2) is 30.3 Å². The largest absolute Gasteiger partial charge is 0.476 e. The number of ether oxygens (including phenoxy) is 1. The number of halogens is 1. The van der Waals surface area contributed by atoms with Crippen LogP contribution in [-0.2, 0) is 0 Å². The molecule has 0 aliphatic heterocycles. The number of carbonyl (C=O) groups excluding carboxylic acids is 1. The summed E-state index contributed by atoms with van der Waals surface area (Å²) in [6, 6.07) is 9.23. The lowest BCUT2D eigenvalue weighted by Crippen LogP contribution is -2.17. The Hall–Kier alpha value is -2.66. The van der Waals surface area contributed by atoms with Crippen molar-refractivity contribution in [2.45, 2.75) is 27.7 Å². The molecule has 0 radical (unpaired) electrons. The number of amides is 1. The molecule has 0 aliphatic rings. The zero-order valence-electron chi connectivity index (χ0n) is 15.2. The van der Waals surface area contributed by atoms with E-state index >= 15 is 0 Å². The zero-order chi connectivity index (χ0) is 18.8. The molecule has 0 atom stereocenters. The normalized spacial score (nSPS) is 10.8. The molecule has 0 fully saturated rings. The number of aryl methyl sites for hydroxylation is 2. The van der Waals surface area contributed by atoms with Crippen LogP contribution in [0, 0.1) is 20.8 Å². The minimum atomic E-state index is -0.383. The first-order chi connectivity index (χ1) is 12.4. The number of anilines is 1. The van der Waals surface area contributed by atoms with E-state index in [4.69, 9.17) is 16.3 Å². The van der Waals surface area contributed by atoms with Gasteiger partial charge < -0.3 is 10.1 Å². The van der Waals surface area contributed by atoms with E-state index in [2.05, 4.69) is 15.3 Å². The van der Waals surface area contributed by atoms with Crippen molar-refractivity contribution in [1.82, 2.24) is 9.97 Å². The maximum atomic E-state index is 12.8. The van der Waals surface area contributed by atoms with Crippen LogP contribution in [0.2, 0.25) is 5.02 Å². The van der Waals surface area contributed by atoms with Gasteiger partial charge in [-0.3, -0.25) is 4.79 Å². The fourth-order valence-electron chi connectivity index (χ4n) is 2.61. The summed E-state index contributed by atoms with van der Waals surface area (Å²) < 4.78 is 5.57. The van der Waals surface area contributed by atoms with Crippen LogP contribution in [0.1, 0.15) is 34.1 Å². The van der Waals surface area contributed by atoms with E-state index in [1.54, 1.807) is 18.2 Å². The van der Waals surface area contributed by atoms with Crippen LogP contribution in [-0.4, -0.2) is 22.5 Å². The number of rotatable bonds is 4. The van der Waals surface area contributed by atoms with Crippen LogP contribution in [0.5, 0.6) is 5.88 Å². The maximum Gasteiger partial charge on any atom is 0.279 e. The van der Waals surface area contributed by atoms with E-state index in [1.165, 1.54) is 0 Å². The van der Waals surface area contributed by atoms with Gasteiger partial charge in [-0.25, -0.2) is 9.97 Å². The quantitative estimate of drug-likeness (QED) is 0.713. The fourth-order valence-corrected chi connectivity index (χ4v) is 2.78. The Morgan fingerprint density at radius 1 is 1.12 bits per heavy atom. The van der Waals surface area contributed by atoms with Crippen LogP contribution < -0.4 is 10.1 Å². The number of nitrogens with zero attached hydrogens (tertiary/aromatic N) is 2. The molecule has 0 saturated carbocycles. The van der Waals surface area contributed by atoms with Crippen molar-refractivity contribution in [3.63, 3.8) is 0 Å². The average molecular weight is 370 g/mol. The topological polar surface area (TPSA) is 64.1 Å². The highest BCUT2D eigenvalue weighted by molar-refractivity contribution is 6.31. The van der Waals surface area contributed by atoms with Crippen molar-refractivity contribution in [2.75, 3.05) is 11.9 Å². The van der Waals surface area contributed by atoms with Crippen molar-refractivity contribution >= 4 is 34.2 Å². The van der Waals surface area contributed by atoms with Crippen LogP contribution >= 0.6 is 11.6 Å². The van der Waals surface area contributed by atoms with Gasteiger partial charge in [0.1, 0.15) is 0 Å². The molecule has 134 valence electrons. The summed E-state index contributed by atoms with van der Waals surface area (Å²) in [6.45, 7) is 8.09. The highest BCUT2D eigenvalue weighted by Crippen LogP contribution is 2.26. The predicted octanol–water partition coefficient (Wildman–Crippen LogP) is 4.86. The molecule has 1 amide bonds. The number of aromatic nitrogens is 2. The molecule has 6 heteroatoms. The van der Waals surface area contributed by atoms with Crippen molar-refractivity contribution in [3.8, 4) is 5.88 Å². The highest BCUT2D eigenvalue weighted by atomic mass is 35.5. The van der Waals surface area contributed by atoms with Gasteiger partial charge in [0.05, 0.1) is 17.6 Å². The Kier molecular flexibility index (Phi) is 5.09. The number of carbonyl (C=O) groups is 1. The summed E-state index contributed by atoms with van der Waals surface area (Å²) in [5.74, 6) is -0.160. The Bertz CT molecular complexity index is 1000. The molecule has 0 unspecified atom stereocenters. The fraction of sp³-hybridized carbons (Fsp3) is 0.250. The molecule has 2 aromatic carbocycles. The molecule has 0 aliphatic carbocycles. The van der Waals surface area contributed by atoms with Crippen molar-refractivity contribution in [2.24, 2.45) is 0 Å². The van der Waals surface area contributed by atoms with Gasteiger partial charge in [-0.2, -0.15) is 0 Å². The number of fused-ring (bicyclic) bond motifs is 1. The first-order valence-electron chi connectivity index (χ1n) is 8.39. The van der Waals surface area contributed by atoms with Gasteiger partial charge in [0, 0.05) is 10.7 Å². The molecule has 0 bridgehead atoms. The lowest BCUT2D eigenvalue weighted by atomic mass is 10.1.